The number of aromatic carboxylic acids is 1. The van der Waals surface area contributed by atoms with Gasteiger partial charge >= 0.3 is 5.97 Å². The molecule has 0 aromatic heterocycles. The van der Waals surface area contributed by atoms with Crippen molar-refractivity contribution in [2.24, 2.45) is 0 Å². The van der Waals surface area contributed by atoms with Crippen LogP contribution in [0.2, 0.25) is 0 Å². The van der Waals surface area contributed by atoms with Crippen LogP contribution in [0.15, 0.2) is 48.5 Å². The first-order valence-electron chi connectivity index (χ1n) is 10.2. The van der Waals surface area contributed by atoms with Gasteiger partial charge in [0, 0.05) is 17.2 Å². The fourth-order valence-electron chi connectivity index (χ4n) is 3.77. The molecule has 4 rings (SSSR count). The summed E-state index contributed by atoms with van der Waals surface area (Å²) in [4.78, 5) is 37.4. The predicted molar refractivity (Wildman–Crippen MR) is 118 cm³/mol. The number of ketones is 2. The van der Waals surface area contributed by atoms with Crippen LogP contribution in [0.1, 0.15) is 67.5 Å². The van der Waals surface area contributed by atoms with E-state index in [1.54, 1.807) is 12.1 Å². The van der Waals surface area contributed by atoms with Gasteiger partial charge in [-0.3, -0.25) is 9.59 Å². The number of carboxylic acid groups (broad SMARTS) is 1. The zero-order valence-corrected chi connectivity index (χ0v) is 17.3. The van der Waals surface area contributed by atoms with Crippen molar-refractivity contribution in [2.75, 3.05) is 5.73 Å². The maximum absolute atomic E-state index is 13.1. The van der Waals surface area contributed by atoms with E-state index in [4.69, 9.17) is 10.5 Å². The van der Waals surface area contributed by atoms with Gasteiger partial charge in [-0.05, 0) is 48.7 Å². The van der Waals surface area contributed by atoms with Crippen molar-refractivity contribution in [1.82, 2.24) is 0 Å². The Bertz CT molecular complexity index is 1260. The Labute approximate surface area is 184 Å². The van der Waals surface area contributed by atoms with Gasteiger partial charge in [0.05, 0.1) is 22.4 Å². The van der Waals surface area contributed by atoms with Crippen molar-refractivity contribution in [3.05, 3.63) is 81.9 Å². The zero-order chi connectivity index (χ0) is 23.0. The highest BCUT2D eigenvalue weighted by atomic mass is 16.5. The average Bonchev–Trinajstić information content (AvgIpc) is 2.78. The molecule has 0 radical (unpaired) electrons. The summed E-state index contributed by atoms with van der Waals surface area (Å²) in [5, 5.41) is 19.7. The van der Waals surface area contributed by atoms with E-state index >= 15 is 0 Å². The molecule has 4 N–H and O–H groups in total. The number of phenolic OH excluding ortho intramolecular Hbond substituents is 1. The second kappa shape index (κ2) is 8.19. The molecule has 7 heteroatoms. The number of aromatic hydroxyl groups is 1. The molecule has 1 aliphatic rings. The van der Waals surface area contributed by atoms with Crippen LogP contribution in [0.25, 0.3) is 0 Å². The molecule has 32 heavy (non-hydrogen) atoms. The Balaban J connectivity index is 1.73. The van der Waals surface area contributed by atoms with Gasteiger partial charge in [0.15, 0.2) is 17.3 Å². The summed E-state index contributed by atoms with van der Waals surface area (Å²) in [5.41, 5.74) is 6.68. The summed E-state index contributed by atoms with van der Waals surface area (Å²) in [6.07, 6.45) is 3.13. The van der Waals surface area contributed by atoms with Gasteiger partial charge < -0.3 is 20.7 Å². The van der Waals surface area contributed by atoms with Crippen LogP contribution < -0.4 is 10.5 Å². The van der Waals surface area contributed by atoms with Crippen molar-refractivity contribution in [1.29, 1.82) is 0 Å². The number of nitrogens with two attached hydrogens (primary N) is 1. The first kappa shape index (κ1) is 21.1. The van der Waals surface area contributed by atoms with Crippen molar-refractivity contribution in [3.63, 3.8) is 0 Å². The van der Waals surface area contributed by atoms with Gasteiger partial charge in [-0.25, -0.2) is 4.79 Å². The van der Waals surface area contributed by atoms with Crippen molar-refractivity contribution in [3.8, 4) is 17.2 Å². The molecule has 162 valence electrons. The number of carbonyl (C=O) groups is 3. The lowest BCUT2D eigenvalue weighted by Gasteiger charge is -2.22. The molecule has 0 heterocycles. The zero-order valence-electron chi connectivity index (χ0n) is 17.3. The average molecular weight is 431 g/mol. The highest BCUT2D eigenvalue weighted by Crippen LogP contribution is 2.42. The minimum atomic E-state index is -1.23. The number of benzene rings is 3. The third-order valence-corrected chi connectivity index (χ3v) is 5.49. The van der Waals surface area contributed by atoms with Crippen molar-refractivity contribution in [2.45, 2.75) is 26.2 Å². The Hall–Kier alpha value is -4.13. The minimum Gasteiger partial charge on any atom is -0.507 e. The van der Waals surface area contributed by atoms with Crippen LogP contribution in [0.3, 0.4) is 0 Å². The molecule has 0 amide bonds. The molecule has 0 saturated carbocycles. The standard InChI is InChI=1S/C25H21NO6/c1-2-3-4-13-5-8-15(9-6-13)32-19-12-18(27)20-21(22(19)26)23(28)16-10-7-14(25(30)31)11-17(16)24(20)29/h5-12,27H,2-4,26H2,1H3,(H,30,31). The lowest BCUT2D eigenvalue weighted by molar-refractivity contribution is 0.0696. The Morgan fingerprint density at radius 1 is 0.969 bits per heavy atom. The number of nitrogen functional groups attached to an aromatic ring is 1. The number of aryl methyl sites for hydroxylation is 1. The number of hydrogen-bond donors (Lipinski definition) is 3. The van der Waals surface area contributed by atoms with Crippen LogP contribution in [-0.2, 0) is 6.42 Å². The second-order valence-corrected chi connectivity index (χ2v) is 7.63. The lowest BCUT2D eigenvalue weighted by atomic mass is 9.82. The van der Waals surface area contributed by atoms with Gasteiger partial charge in [-0.15, -0.1) is 0 Å². The van der Waals surface area contributed by atoms with Gasteiger partial charge in [0.25, 0.3) is 0 Å². The van der Waals surface area contributed by atoms with E-state index in [1.807, 2.05) is 12.1 Å². The maximum Gasteiger partial charge on any atom is 0.335 e. The van der Waals surface area contributed by atoms with E-state index in [1.165, 1.54) is 23.8 Å². The summed E-state index contributed by atoms with van der Waals surface area (Å²) in [7, 11) is 0. The molecule has 0 saturated heterocycles. The Morgan fingerprint density at radius 2 is 1.66 bits per heavy atom. The highest BCUT2D eigenvalue weighted by Gasteiger charge is 2.36. The Kier molecular flexibility index (Phi) is 5.40. The molecule has 0 unspecified atom stereocenters. The largest absolute Gasteiger partial charge is 0.507 e. The van der Waals surface area contributed by atoms with Gasteiger partial charge in [0.1, 0.15) is 11.5 Å². The molecule has 0 atom stereocenters. The maximum atomic E-state index is 13.1. The summed E-state index contributed by atoms with van der Waals surface area (Å²) in [5.74, 6) is -2.43. The third-order valence-electron chi connectivity index (χ3n) is 5.49. The lowest BCUT2D eigenvalue weighted by Crippen LogP contribution is -2.23. The van der Waals surface area contributed by atoms with E-state index in [0.29, 0.717) is 5.75 Å². The second-order valence-electron chi connectivity index (χ2n) is 7.63. The summed E-state index contributed by atoms with van der Waals surface area (Å²) in [6.45, 7) is 2.12. The first-order chi connectivity index (χ1) is 15.3. The molecule has 3 aromatic carbocycles. The molecule has 7 nitrogen and oxygen atoms in total. The molecule has 1 aliphatic carbocycles. The molecule has 0 aliphatic heterocycles. The molecule has 0 spiro atoms. The normalized spacial score (nSPS) is 12.3. The summed E-state index contributed by atoms with van der Waals surface area (Å²) >= 11 is 0. The smallest absolute Gasteiger partial charge is 0.335 e. The third kappa shape index (κ3) is 3.58. The summed E-state index contributed by atoms with van der Waals surface area (Å²) in [6, 6.07) is 12.3. The molecule has 0 fully saturated rings. The SMILES string of the molecule is CCCCc1ccc(Oc2cc(O)c3c(c2N)C(=O)c2ccc(C(=O)O)cc2C3=O)cc1. The minimum absolute atomic E-state index is 0.0241. The van der Waals surface area contributed by atoms with E-state index < -0.39 is 23.3 Å². The van der Waals surface area contributed by atoms with E-state index in [9.17, 15) is 24.6 Å². The fraction of sp³-hybridized carbons (Fsp3) is 0.160. The number of hydrogen-bond acceptors (Lipinski definition) is 6. The highest BCUT2D eigenvalue weighted by molar-refractivity contribution is 6.31. The predicted octanol–water partition coefficient (Wildman–Crippen LogP) is 4.58. The fourth-order valence-corrected chi connectivity index (χ4v) is 3.77. The van der Waals surface area contributed by atoms with Gasteiger partial charge in [0.2, 0.25) is 0 Å². The topological polar surface area (TPSA) is 127 Å². The molecular formula is C25H21NO6. The van der Waals surface area contributed by atoms with Crippen LogP contribution in [0.4, 0.5) is 5.69 Å². The number of anilines is 1. The number of unbranched alkanes of at least 4 members (excludes halogenated alkanes) is 1. The van der Waals surface area contributed by atoms with E-state index in [0.717, 1.165) is 25.3 Å². The Morgan fingerprint density at radius 3 is 2.31 bits per heavy atom. The quantitative estimate of drug-likeness (QED) is 0.301. The number of carboxylic acids is 1. The van der Waals surface area contributed by atoms with Crippen LogP contribution in [-0.4, -0.2) is 27.7 Å². The molecule has 0 bridgehead atoms. The molecular weight excluding hydrogens is 410 g/mol. The number of ether oxygens (including phenoxy) is 1. The van der Waals surface area contributed by atoms with Gasteiger partial charge in [-0.1, -0.05) is 25.5 Å². The van der Waals surface area contributed by atoms with Crippen LogP contribution >= 0.6 is 0 Å². The monoisotopic (exact) mass is 431 g/mol. The van der Waals surface area contributed by atoms with Crippen molar-refractivity contribution < 1.29 is 29.3 Å². The number of phenols is 1. The first-order valence-corrected chi connectivity index (χ1v) is 10.2. The number of fused-ring (bicyclic) bond motifs is 2. The number of carbonyl (C=O) groups excluding carboxylic acids is 2. The summed E-state index contributed by atoms with van der Waals surface area (Å²) < 4.78 is 5.81. The van der Waals surface area contributed by atoms with E-state index in [2.05, 4.69) is 6.92 Å². The van der Waals surface area contributed by atoms with Gasteiger partial charge in [-0.2, -0.15) is 0 Å². The molecule has 3 aromatic rings. The van der Waals surface area contributed by atoms with Crippen molar-refractivity contribution >= 4 is 23.2 Å². The van der Waals surface area contributed by atoms with Crippen LogP contribution in [0, 0.1) is 0 Å². The van der Waals surface area contributed by atoms with Crippen LogP contribution in [0.5, 0.6) is 17.2 Å². The van der Waals surface area contributed by atoms with E-state index in [-0.39, 0.29) is 39.3 Å². The number of rotatable bonds is 6.